The Morgan fingerprint density at radius 1 is 1.04 bits per heavy atom. The molecular formula is C18H27N5O5. The van der Waals surface area contributed by atoms with Gasteiger partial charge in [-0.15, -0.1) is 0 Å². The van der Waals surface area contributed by atoms with Gasteiger partial charge in [0, 0.05) is 52.0 Å². The quantitative estimate of drug-likeness (QED) is 0.465. The third-order valence-electron chi connectivity index (χ3n) is 4.31. The van der Waals surface area contributed by atoms with Gasteiger partial charge in [-0.3, -0.25) is 9.69 Å². The lowest BCUT2D eigenvalue weighted by Gasteiger charge is -2.39. The number of hydrogen-bond donors (Lipinski definition) is 1. The number of nitrogens with one attached hydrogen (secondary N) is 1. The first-order valence-corrected chi connectivity index (χ1v) is 9.30. The fourth-order valence-electron chi connectivity index (χ4n) is 3.06. The van der Waals surface area contributed by atoms with Crippen molar-refractivity contribution in [1.29, 1.82) is 0 Å². The van der Waals surface area contributed by atoms with Crippen molar-refractivity contribution in [2.24, 2.45) is 0 Å². The van der Waals surface area contributed by atoms with Crippen molar-refractivity contribution >= 4 is 23.8 Å². The molecule has 0 aliphatic carbocycles. The van der Waals surface area contributed by atoms with E-state index in [-0.39, 0.29) is 19.8 Å². The van der Waals surface area contributed by atoms with Crippen molar-refractivity contribution in [3.63, 3.8) is 0 Å². The lowest BCUT2D eigenvalue weighted by Crippen LogP contribution is -2.67. The first-order valence-electron chi connectivity index (χ1n) is 9.30. The highest BCUT2D eigenvalue weighted by molar-refractivity contribution is 6.08. The summed E-state index contributed by atoms with van der Waals surface area (Å²) in [5, 5.41) is 2.48. The highest BCUT2D eigenvalue weighted by Crippen LogP contribution is 2.17. The number of nitrogens with zero attached hydrogens (tertiary/aromatic N) is 4. The van der Waals surface area contributed by atoms with Crippen LogP contribution in [0.25, 0.3) is 0 Å². The van der Waals surface area contributed by atoms with E-state index in [1.165, 1.54) is 6.92 Å². The lowest BCUT2D eigenvalue weighted by atomic mass is 9.98. The second-order valence-electron chi connectivity index (χ2n) is 6.34. The van der Waals surface area contributed by atoms with E-state index in [1.54, 1.807) is 32.3 Å². The summed E-state index contributed by atoms with van der Waals surface area (Å²) in [5.74, 6) is -1.53. The smallest absolute Gasteiger partial charge is 0.345 e. The molecule has 1 aliphatic heterocycles. The lowest BCUT2D eigenvalue weighted by molar-refractivity contribution is -0.169. The number of aromatic nitrogens is 2. The number of carbonyl (C=O) groups is 3. The predicted molar refractivity (Wildman–Crippen MR) is 100 cm³/mol. The molecule has 1 amide bonds. The van der Waals surface area contributed by atoms with Crippen molar-refractivity contribution in [2.75, 3.05) is 50.8 Å². The van der Waals surface area contributed by atoms with Gasteiger partial charge in [0.15, 0.2) is 0 Å². The second kappa shape index (κ2) is 9.98. The Bertz CT molecular complexity index is 658. The van der Waals surface area contributed by atoms with Crippen LogP contribution in [0.15, 0.2) is 18.5 Å². The maximum Gasteiger partial charge on any atom is 0.345 e. The summed E-state index contributed by atoms with van der Waals surface area (Å²) in [4.78, 5) is 49.6. The number of ether oxygens (including phenoxy) is 2. The third kappa shape index (κ3) is 5.16. The Kier molecular flexibility index (Phi) is 7.68. The molecule has 0 aromatic carbocycles. The van der Waals surface area contributed by atoms with E-state index in [9.17, 15) is 14.4 Å². The van der Waals surface area contributed by atoms with Crippen LogP contribution in [-0.2, 0) is 23.9 Å². The molecule has 1 N–H and O–H groups in total. The van der Waals surface area contributed by atoms with Crippen molar-refractivity contribution in [3.05, 3.63) is 18.5 Å². The van der Waals surface area contributed by atoms with E-state index in [2.05, 4.69) is 15.3 Å². The monoisotopic (exact) mass is 393 g/mol. The minimum atomic E-state index is -1.90. The van der Waals surface area contributed by atoms with E-state index in [1.807, 2.05) is 9.80 Å². The van der Waals surface area contributed by atoms with Crippen LogP contribution in [0.4, 0.5) is 5.95 Å². The Morgan fingerprint density at radius 2 is 1.57 bits per heavy atom. The standard InChI is InChI=1S/C18H27N5O5/c1-4-27-15(25)18(21-14(3)24,16(26)28-5-2)13-22-9-11-23(12-10-22)17-19-7-6-8-20-17/h6-8H,4-5,9-13H2,1-3H3,(H,21,24). The molecule has 10 heteroatoms. The highest BCUT2D eigenvalue weighted by Gasteiger charge is 2.51. The van der Waals surface area contributed by atoms with E-state index in [0.717, 1.165) is 0 Å². The Balaban J connectivity index is 2.16. The summed E-state index contributed by atoms with van der Waals surface area (Å²) >= 11 is 0. The molecular weight excluding hydrogens is 366 g/mol. The molecule has 1 aliphatic rings. The van der Waals surface area contributed by atoms with Crippen LogP contribution in [0.2, 0.25) is 0 Å². The van der Waals surface area contributed by atoms with E-state index < -0.39 is 23.4 Å². The van der Waals surface area contributed by atoms with Crippen molar-refractivity contribution in [1.82, 2.24) is 20.2 Å². The van der Waals surface area contributed by atoms with Crippen LogP contribution in [0.1, 0.15) is 20.8 Å². The molecule has 2 rings (SSSR count). The number of rotatable bonds is 8. The zero-order valence-corrected chi connectivity index (χ0v) is 16.5. The molecule has 0 atom stereocenters. The number of piperazine rings is 1. The van der Waals surface area contributed by atoms with Crippen LogP contribution in [0, 0.1) is 0 Å². The molecule has 1 fully saturated rings. The minimum absolute atomic E-state index is 0.0340. The summed E-state index contributed by atoms with van der Waals surface area (Å²) < 4.78 is 10.2. The van der Waals surface area contributed by atoms with E-state index in [0.29, 0.717) is 32.1 Å². The van der Waals surface area contributed by atoms with Gasteiger partial charge in [-0.25, -0.2) is 19.6 Å². The van der Waals surface area contributed by atoms with Gasteiger partial charge in [0.1, 0.15) is 0 Å². The molecule has 0 saturated carbocycles. The van der Waals surface area contributed by atoms with E-state index in [4.69, 9.17) is 9.47 Å². The molecule has 28 heavy (non-hydrogen) atoms. The SMILES string of the molecule is CCOC(=O)C(CN1CCN(c2ncccn2)CC1)(NC(C)=O)C(=O)OCC. The van der Waals surface area contributed by atoms with Gasteiger partial charge in [-0.05, 0) is 19.9 Å². The summed E-state index contributed by atoms with van der Waals surface area (Å²) in [6, 6.07) is 1.75. The summed E-state index contributed by atoms with van der Waals surface area (Å²) in [5.41, 5.74) is -1.90. The summed E-state index contributed by atoms with van der Waals surface area (Å²) in [6.07, 6.45) is 3.36. The van der Waals surface area contributed by atoms with Crippen LogP contribution in [0.3, 0.4) is 0 Å². The van der Waals surface area contributed by atoms with Crippen molar-refractivity contribution < 1.29 is 23.9 Å². The average molecular weight is 393 g/mol. The Labute approximate surface area is 164 Å². The van der Waals surface area contributed by atoms with Crippen molar-refractivity contribution in [2.45, 2.75) is 26.3 Å². The van der Waals surface area contributed by atoms with Gasteiger partial charge in [0.05, 0.1) is 13.2 Å². The van der Waals surface area contributed by atoms with Crippen LogP contribution in [0.5, 0.6) is 0 Å². The largest absolute Gasteiger partial charge is 0.464 e. The van der Waals surface area contributed by atoms with Crippen LogP contribution >= 0.6 is 0 Å². The van der Waals surface area contributed by atoms with Gasteiger partial charge in [0.2, 0.25) is 17.4 Å². The fraction of sp³-hybridized carbons (Fsp3) is 0.611. The molecule has 1 aromatic rings. The molecule has 0 radical (unpaired) electrons. The van der Waals surface area contributed by atoms with Crippen molar-refractivity contribution in [3.8, 4) is 0 Å². The van der Waals surface area contributed by atoms with Gasteiger partial charge >= 0.3 is 11.9 Å². The number of hydrogen-bond acceptors (Lipinski definition) is 9. The first-order chi connectivity index (χ1) is 13.4. The van der Waals surface area contributed by atoms with Gasteiger partial charge < -0.3 is 19.7 Å². The normalized spacial score (nSPS) is 15.0. The second-order valence-corrected chi connectivity index (χ2v) is 6.34. The topological polar surface area (TPSA) is 114 Å². The number of anilines is 1. The van der Waals surface area contributed by atoms with Gasteiger partial charge in [0.25, 0.3) is 0 Å². The molecule has 2 heterocycles. The van der Waals surface area contributed by atoms with Gasteiger partial charge in [-0.1, -0.05) is 0 Å². The minimum Gasteiger partial charge on any atom is -0.464 e. The summed E-state index contributed by atoms with van der Waals surface area (Å²) in [7, 11) is 0. The average Bonchev–Trinajstić information content (AvgIpc) is 2.68. The number of carbonyl (C=O) groups excluding carboxylic acids is 3. The molecule has 10 nitrogen and oxygen atoms in total. The molecule has 154 valence electrons. The van der Waals surface area contributed by atoms with Crippen LogP contribution < -0.4 is 10.2 Å². The molecule has 0 spiro atoms. The zero-order chi connectivity index (χ0) is 20.6. The molecule has 0 bridgehead atoms. The third-order valence-corrected chi connectivity index (χ3v) is 4.31. The number of amides is 1. The first kappa shape index (κ1) is 21.5. The van der Waals surface area contributed by atoms with E-state index >= 15 is 0 Å². The maximum absolute atomic E-state index is 12.7. The Hall–Kier alpha value is -2.75. The fourth-order valence-corrected chi connectivity index (χ4v) is 3.06. The maximum atomic E-state index is 12.7. The molecule has 1 aromatic heterocycles. The zero-order valence-electron chi connectivity index (χ0n) is 16.5. The molecule has 0 unspecified atom stereocenters. The summed E-state index contributed by atoms with van der Waals surface area (Å²) in [6.45, 7) is 7.00. The predicted octanol–water partition coefficient (Wildman–Crippen LogP) is -0.400. The molecule has 1 saturated heterocycles. The highest BCUT2D eigenvalue weighted by atomic mass is 16.6. The Morgan fingerprint density at radius 3 is 2.04 bits per heavy atom. The van der Waals surface area contributed by atoms with Gasteiger partial charge in [-0.2, -0.15) is 0 Å². The number of esters is 2. The van der Waals surface area contributed by atoms with Crippen LogP contribution in [-0.4, -0.2) is 84.2 Å².